The van der Waals surface area contributed by atoms with Crippen LogP contribution >= 0.6 is 0 Å². The fraction of sp³-hybridized carbons (Fsp3) is 0.684. The monoisotopic (exact) mass is 343 g/mol. The molecule has 136 valence electrons. The van der Waals surface area contributed by atoms with Crippen LogP contribution in [0.1, 0.15) is 50.7 Å². The molecule has 0 radical (unpaired) electrons. The molecule has 0 atom stereocenters. The number of nitrogens with zero attached hydrogens (tertiary/aromatic N) is 1. The van der Waals surface area contributed by atoms with Crippen LogP contribution in [0.4, 0.5) is 13.2 Å². The van der Waals surface area contributed by atoms with Gasteiger partial charge in [-0.15, -0.1) is 0 Å². The van der Waals surface area contributed by atoms with Gasteiger partial charge in [0.25, 0.3) is 0 Å². The maximum atomic E-state index is 13.0. The minimum absolute atomic E-state index is 0.263. The van der Waals surface area contributed by atoms with Crippen molar-refractivity contribution in [2.45, 2.75) is 57.7 Å². The summed E-state index contributed by atoms with van der Waals surface area (Å²) in [6.07, 6.45) is -0.627. The lowest BCUT2D eigenvalue weighted by Gasteiger charge is -2.40. The lowest BCUT2D eigenvalue weighted by atomic mass is 9.81. The normalized spacial score (nSPS) is 19.0. The van der Waals surface area contributed by atoms with Gasteiger partial charge in [-0.25, -0.2) is 0 Å². The molecule has 0 spiro atoms. The average Bonchev–Trinajstić information content (AvgIpc) is 2.52. The molecule has 0 aromatic heterocycles. The zero-order chi connectivity index (χ0) is 17.8. The van der Waals surface area contributed by atoms with Gasteiger partial charge in [0.2, 0.25) is 0 Å². The standard InChI is InChI=1S/C19H28F3NO/c1-15(2)18(24)10-13-23(14-11-18)12-6-5-8-16-7-3-4-9-17(16)19(20,21)22/h3-4,7,9,15,24H,5-6,8,10-14H2,1-2H3. The van der Waals surface area contributed by atoms with Gasteiger partial charge in [-0.1, -0.05) is 32.0 Å². The van der Waals surface area contributed by atoms with Crippen molar-refractivity contribution in [2.75, 3.05) is 19.6 Å². The number of unbranched alkanes of at least 4 members (excludes halogenated alkanes) is 1. The van der Waals surface area contributed by atoms with E-state index in [0.29, 0.717) is 12.0 Å². The lowest BCUT2D eigenvalue weighted by Crippen LogP contribution is -2.47. The molecular weight excluding hydrogens is 315 g/mol. The van der Waals surface area contributed by atoms with E-state index < -0.39 is 17.3 Å². The second-order valence-electron chi connectivity index (χ2n) is 7.21. The van der Waals surface area contributed by atoms with E-state index in [2.05, 4.69) is 4.90 Å². The summed E-state index contributed by atoms with van der Waals surface area (Å²) in [4.78, 5) is 2.31. The van der Waals surface area contributed by atoms with Crippen molar-refractivity contribution in [1.82, 2.24) is 4.90 Å². The third-order valence-corrected chi connectivity index (χ3v) is 5.29. The maximum absolute atomic E-state index is 13.0. The van der Waals surface area contributed by atoms with Gasteiger partial charge in [0.15, 0.2) is 0 Å². The van der Waals surface area contributed by atoms with Crippen molar-refractivity contribution in [3.8, 4) is 0 Å². The first-order valence-corrected chi connectivity index (χ1v) is 8.82. The first-order chi connectivity index (χ1) is 11.2. The molecule has 1 saturated heterocycles. The number of likely N-dealkylation sites (tertiary alicyclic amines) is 1. The Labute approximate surface area is 142 Å². The van der Waals surface area contributed by atoms with Crippen LogP contribution in [0.3, 0.4) is 0 Å². The Bertz CT molecular complexity index is 520. The highest BCUT2D eigenvalue weighted by Crippen LogP contribution is 2.33. The van der Waals surface area contributed by atoms with Crippen molar-refractivity contribution in [3.63, 3.8) is 0 Å². The Morgan fingerprint density at radius 2 is 1.75 bits per heavy atom. The van der Waals surface area contributed by atoms with Crippen molar-refractivity contribution in [1.29, 1.82) is 0 Å². The molecule has 2 nitrogen and oxygen atoms in total. The van der Waals surface area contributed by atoms with Gasteiger partial charge in [-0.05, 0) is 56.2 Å². The van der Waals surface area contributed by atoms with Gasteiger partial charge in [0.05, 0.1) is 11.2 Å². The van der Waals surface area contributed by atoms with Crippen LogP contribution in [-0.4, -0.2) is 35.2 Å². The molecule has 1 N–H and O–H groups in total. The predicted molar refractivity (Wildman–Crippen MR) is 89.8 cm³/mol. The van der Waals surface area contributed by atoms with Crippen molar-refractivity contribution in [2.24, 2.45) is 5.92 Å². The van der Waals surface area contributed by atoms with E-state index in [1.807, 2.05) is 13.8 Å². The molecule has 1 heterocycles. The molecule has 5 heteroatoms. The van der Waals surface area contributed by atoms with Gasteiger partial charge in [0.1, 0.15) is 0 Å². The molecule has 24 heavy (non-hydrogen) atoms. The molecule has 0 aliphatic carbocycles. The minimum Gasteiger partial charge on any atom is -0.390 e. The van der Waals surface area contributed by atoms with Gasteiger partial charge in [-0.3, -0.25) is 0 Å². The van der Waals surface area contributed by atoms with Crippen LogP contribution in [0.5, 0.6) is 0 Å². The fourth-order valence-corrected chi connectivity index (χ4v) is 3.41. The van der Waals surface area contributed by atoms with Gasteiger partial charge in [0, 0.05) is 13.1 Å². The zero-order valence-corrected chi connectivity index (χ0v) is 14.6. The number of aryl methyl sites for hydroxylation is 1. The first-order valence-electron chi connectivity index (χ1n) is 8.82. The Balaban J connectivity index is 1.75. The summed E-state index contributed by atoms with van der Waals surface area (Å²) in [6, 6.07) is 5.84. The molecular formula is C19H28F3NO. The Hall–Kier alpha value is -1.07. The first kappa shape index (κ1) is 19.3. The Morgan fingerprint density at radius 3 is 2.33 bits per heavy atom. The largest absolute Gasteiger partial charge is 0.416 e. The molecule has 0 bridgehead atoms. The quantitative estimate of drug-likeness (QED) is 0.768. The Morgan fingerprint density at radius 1 is 1.12 bits per heavy atom. The molecule has 1 fully saturated rings. The molecule has 1 aliphatic rings. The summed E-state index contributed by atoms with van der Waals surface area (Å²) in [7, 11) is 0. The van der Waals surface area contributed by atoms with E-state index >= 15 is 0 Å². The second-order valence-corrected chi connectivity index (χ2v) is 7.21. The molecule has 2 rings (SSSR count). The number of aliphatic hydroxyl groups is 1. The van der Waals surface area contributed by atoms with Crippen LogP contribution in [-0.2, 0) is 12.6 Å². The smallest absolute Gasteiger partial charge is 0.390 e. The van der Waals surface area contributed by atoms with Gasteiger partial charge >= 0.3 is 6.18 Å². The summed E-state index contributed by atoms with van der Waals surface area (Å²) >= 11 is 0. The maximum Gasteiger partial charge on any atom is 0.416 e. The molecule has 1 aromatic rings. The molecule has 0 amide bonds. The van der Waals surface area contributed by atoms with E-state index in [9.17, 15) is 18.3 Å². The van der Waals surface area contributed by atoms with E-state index in [1.54, 1.807) is 12.1 Å². The molecule has 1 aromatic carbocycles. The number of piperidine rings is 1. The lowest BCUT2D eigenvalue weighted by molar-refractivity contribution is -0.138. The number of hydrogen-bond acceptors (Lipinski definition) is 2. The number of hydrogen-bond donors (Lipinski definition) is 1. The van der Waals surface area contributed by atoms with Crippen molar-refractivity contribution >= 4 is 0 Å². The van der Waals surface area contributed by atoms with Crippen LogP contribution in [0.2, 0.25) is 0 Å². The third kappa shape index (κ3) is 4.96. The van der Waals surface area contributed by atoms with E-state index in [4.69, 9.17) is 0 Å². The van der Waals surface area contributed by atoms with E-state index in [0.717, 1.165) is 51.4 Å². The molecule has 1 aliphatic heterocycles. The van der Waals surface area contributed by atoms with Crippen LogP contribution in [0.15, 0.2) is 24.3 Å². The third-order valence-electron chi connectivity index (χ3n) is 5.29. The number of rotatable bonds is 6. The summed E-state index contributed by atoms with van der Waals surface area (Å²) in [6.45, 7) is 6.73. The van der Waals surface area contributed by atoms with E-state index in [-0.39, 0.29) is 5.92 Å². The fourth-order valence-electron chi connectivity index (χ4n) is 3.41. The van der Waals surface area contributed by atoms with Crippen LogP contribution < -0.4 is 0 Å². The second kappa shape index (κ2) is 7.87. The summed E-state index contributed by atoms with van der Waals surface area (Å²) in [5, 5.41) is 10.5. The van der Waals surface area contributed by atoms with Gasteiger partial charge in [-0.2, -0.15) is 13.2 Å². The highest BCUT2D eigenvalue weighted by Gasteiger charge is 2.35. The Kier molecular flexibility index (Phi) is 6.32. The van der Waals surface area contributed by atoms with Crippen LogP contribution in [0.25, 0.3) is 0 Å². The summed E-state index contributed by atoms with van der Waals surface area (Å²) in [5.41, 5.74) is -0.676. The van der Waals surface area contributed by atoms with Crippen molar-refractivity contribution < 1.29 is 18.3 Å². The van der Waals surface area contributed by atoms with E-state index in [1.165, 1.54) is 6.07 Å². The molecule has 0 saturated carbocycles. The summed E-state index contributed by atoms with van der Waals surface area (Å²) < 4.78 is 38.9. The minimum atomic E-state index is -4.27. The highest BCUT2D eigenvalue weighted by atomic mass is 19.4. The average molecular weight is 343 g/mol. The van der Waals surface area contributed by atoms with Crippen LogP contribution in [0, 0.1) is 5.92 Å². The number of benzene rings is 1. The molecule has 0 unspecified atom stereocenters. The SMILES string of the molecule is CC(C)C1(O)CCN(CCCCc2ccccc2C(F)(F)F)CC1. The topological polar surface area (TPSA) is 23.5 Å². The number of alkyl halides is 3. The van der Waals surface area contributed by atoms with Gasteiger partial charge < -0.3 is 10.0 Å². The van der Waals surface area contributed by atoms with Crippen molar-refractivity contribution in [3.05, 3.63) is 35.4 Å². The predicted octanol–water partition coefficient (Wildman–Crippen LogP) is 4.51. The summed E-state index contributed by atoms with van der Waals surface area (Å²) in [5.74, 6) is 0.263. The highest BCUT2D eigenvalue weighted by molar-refractivity contribution is 5.29. The zero-order valence-electron chi connectivity index (χ0n) is 14.6. The number of halogens is 3.